The Morgan fingerprint density at radius 1 is 0.403 bits per heavy atom. The van der Waals surface area contributed by atoms with Crippen LogP contribution in [0.5, 0.6) is 0 Å². The lowest BCUT2D eigenvalue weighted by Gasteiger charge is -2.28. The third-order valence-electron chi connectivity index (χ3n) is 15.2. The van der Waals surface area contributed by atoms with Gasteiger partial charge in [0.15, 0.2) is 6.10 Å². The predicted molar refractivity (Wildman–Crippen MR) is 328 cm³/mol. The van der Waals surface area contributed by atoms with Crippen LogP contribution in [0.25, 0.3) is 0 Å². The number of hydrogen-bond donors (Lipinski definition) is 0. The van der Waals surface area contributed by atoms with E-state index in [-0.39, 0.29) is 32.0 Å². The van der Waals surface area contributed by atoms with Gasteiger partial charge in [0.1, 0.15) is 19.8 Å². The van der Waals surface area contributed by atoms with Crippen LogP contribution in [0, 0.1) is 0 Å². The minimum Gasteiger partial charge on any atom is -0.756 e. The second-order valence-corrected chi connectivity index (χ2v) is 25.6. The molecule has 10 heteroatoms. The number of phosphoric ester groups is 1. The van der Waals surface area contributed by atoms with Crippen molar-refractivity contribution in [3.8, 4) is 0 Å². The number of unbranched alkanes of at least 4 members (excludes halogenated alkanes) is 45. The number of allylic oxidation sites excluding steroid dienone is 4. The molecular weight excluding hydrogens is 978 g/mol. The van der Waals surface area contributed by atoms with Gasteiger partial charge >= 0.3 is 11.9 Å². The average Bonchev–Trinajstić information content (AvgIpc) is 3.39. The Balaban J connectivity index is 3.80. The Hall–Kier alpha value is -1.51. The standard InChI is InChI=1S/C67H130NO8P/c1-6-8-10-12-14-16-18-20-21-22-23-24-25-26-27-28-29-30-31-32-33-34-35-36-37-38-39-40-41-42-43-44-45-46-47-48-50-52-54-56-58-60-67(70)76-65(64-75-77(71,72)74-62-61-68(3,4)5)63-73-66(69)59-57-55-53-51-49-19-17-15-13-11-9-7-2/h18,20,22-23,65H,6-17,19,21,24-64H2,1-5H3/b20-18-,23-22-. The molecule has 0 amide bonds. The van der Waals surface area contributed by atoms with Crippen LogP contribution in [0.4, 0.5) is 0 Å². The maximum atomic E-state index is 12.8. The summed E-state index contributed by atoms with van der Waals surface area (Å²) in [6, 6.07) is 0. The van der Waals surface area contributed by atoms with Crippen LogP contribution in [-0.4, -0.2) is 70.0 Å². The molecule has 0 fully saturated rings. The van der Waals surface area contributed by atoms with Crippen molar-refractivity contribution in [1.29, 1.82) is 0 Å². The summed E-state index contributed by atoms with van der Waals surface area (Å²) in [6.07, 6.45) is 72.9. The monoisotopic (exact) mass is 1110 g/mol. The highest BCUT2D eigenvalue weighted by Crippen LogP contribution is 2.38. The van der Waals surface area contributed by atoms with Crippen LogP contribution in [0.3, 0.4) is 0 Å². The van der Waals surface area contributed by atoms with E-state index in [1.165, 1.54) is 270 Å². The van der Waals surface area contributed by atoms with Crippen molar-refractivity contribution in [2.24, 2.45) is 0 Å². The van der Waals surface area contributed by atoms with Crippen LogP contribution < -0.4 is 4.89 Å². The van der Waals surface area contributed by atoms with Gasteiger partial charge in [-0.25, -0.2) is 0 Å². The zero-order chi connectivity index (χ0) is 56.3. The fourth-order valence-electron chi connectivity index (χ4n) is 10.0. The highest BCUT2D eigenvalue weighted by Gasteiger charge is 2.22. The Bertz CT molecular complexity index is 1350. The molecule has 0 aromatic heterocycles. The zero-order valence-corrected chi connectivity index (χ0v) is 52.8. The molecule has 0 heterocycles. The van der Waals surface area contributed by atoms with Crippen LogP contribution >= 0.6 is 7.82 Å². The van der Waals surface area contributed by atoms with E-state index in [1.807, 2.05) is 21.1 Å². The van der Waals surface area contributed by atoms with Gasteiger partial charge in [-0.1, -0.05) is 308 Å². The molecule has 0 rings (SSSR count). The molecule has 0 aliphatic rings. The molecule has 77 heavy (non-hydrogen) atoms. The van der Waals surface area contributed by atoms with Crippen molar-refractivity contribution >= 4 is 19.8 Å². The van der Waals surface area contributed by atoms with Gasteiger partial charge < -0.3 is 27.9 Å². The highest BCUT2D eigenvalue weighted by molar-refractivity contribution is 7.45. The Kier molecular flexibility index (Phi) is 58.0. The molecule has 0 aromatic rings. The Labute approximate surface area is 479 Å². The van der Waals surface area contributed by atoms with Gasteiger partial charge in [-0.05, 0) is 44.9 Å². The number of quaternary nitrogens is 1. The maximum absolute atomic E-state index is 12.8. The summed E-state index contributed by atoms with van der Waals surface area (Å²) in [5.74, 6) is -0.814. The molecule has 2 unspecified atom stereocenters. The van der Waals surface area contributed by atoms with Crippen molar-refractivity contribution in [1.82, 2.24) is 0 Å². The van der Waals surface area contributed by atoms with E-state index in [0.717, 1.165) is 38.5 Å². The molecule has 0 aliphatic carbocycles. The van der Waals surface area contributed by atoms with E-state index >= 15 is 0 Å². The first-order valence-electron chi connectivity index (χ1n) is 33.5. The summed E-state index contributed by atoms with van der Waals surface area (Å²) in [7, 11) is 1.19. The van der Waals surface area contributed by atoms with Crippen molar-refractivity contribution in [3.05, 3.63) is 24.3 Å². The summed E-state index contributed by atoms with van der Waals surface area (Å²) in [5.41, 5.74) is 0. The second-order valence-electron chi connectivity index (χ2n) is 24.2. The number of rotatable bonds is 63. The van der Waals surface area contributed by atoms with Gasteiger partial charge in [0.05, 0.1) is 27.7 Å². The van der Waals surface area contributed by atoms with Gasteiger partial charge in [0, 0.05) is 12.8 Å². The second kappa shape index (κ2) is 59.1. The van der Waals surface area contributed by atoms with Crippen LogP contribution in [-0.2, 0) is 32.7 Å². The van der Waals surface area contributed by atoms with Gasteiger partial charge in [0.2, 0.25) is 0 Å². The lowest BCUT2D eigenvalue weighted by molar-refractivity contribution is -0.870. The molecule has 0 N–H and O–H groups in total. The lowest BCUT2D eigenvalue weighted by Crippen LogP contribution is -2.37. The highest BCUT2D eigenvalue weighted by atomic mass is 31.2. The topological polar surface area (TPSA) is 111 Å². The van der Waals surface area contributed by atoms with Crippen molar-refractivity contribution in [3.63, 3.8) is 0 Å². The first kappa shape index (κ1) is 75.5. The number of carbonyl (C=O) groups is 2. The van der Waals surface area contributed by atoms with E-state index in [1.54, 1.807) is 0 Å². The summed E-state index contributed by atoms with van der Waals surface area (Å²) in [6.45, 7) is 4.27. The van der Waals surface area contributed by atoms with Gasteiger partial charge in [-0.15, -0.1) is 0 Å². The molecule has 0 radical (unpaired) electrons. The normalized spacial score (nSPS) is 13.3. The number of hydrogen-bond acceptors (Lipinski definition) is 8. The molecule has 0 saturated heterocycles. The fourth-order valence-corrected chi connectivity index (χ4v) is 10.8. The fraction of sp³-hybridized carbons (Fsp3) is 0.910. The Morgan fingerprint density at radius 2 is 0.701 bits per heavy atom. The van der Waals surface area contributed by atoms with E-state index in [0.29, 0.717) is 17.4 Å². The number of likely N-dealkylation sites (N-methyl/N-ethyl adjacent to an activating group) is 1. The molecule has 0 bridgehead atoms. The van der Waals surface area contributed by atoms with Gasteiger partial charge in [-0.3, -0.25) is 14.2 Å². The first-order chi connectivity index (χ1) is 37.5. The minimum absolute atomic E-state index is 0.0264. The molecule has 2 atom stereocenters. The van der Waals surface area contributed by atoms with E-state index in [2.05, 4.69) is 38.2 Å². The van der Waals surface area contributed by atoms with Crippen LogP contribution in [0.15, 0.2) is 24.3 Å². The van der Waals surface area contributed by atoms with E-state index < -0.39 is 26.5 Å². The lowest BCUT2D eigenvalue weighted by atomic mass is 10.0. The van der Waals surface area contributed by atoms with Crippen molar-refractivity contribution in [2.75, 3.05) is 47.5 Å². The van der Waals surface area contributed by atoms with Crippen LogP contribution in [0.1, 0.15) is 341 Å². The third kappa shape index (κ3) is 63.5. The number of esters is 2. The maximum Gasteiger partial charge on any atom is 0.306 e. The molecule has 0 saturated carbocycles. The molecule has 0 aliphatic heterocycles. The molecular formula is C67H130NO8P. The van der Waals surface area contributed by atoms with Crippen LogP contribution in [0.2, 0.25) is 0 Å². The Morgan fingerprint density at radius 3 is 1.03 bits per heavy atom. The van der Waals surface area contributed by atoms with Gasteiger partial charge in [-0.2, -0.15) is 0 Å². The molecule has 456 valence electrons. The molecule has 9 nitrogen and oxygen atoms in total. The summed E-state index contributed by atoms with van der Waals surface area (Å²) >= 11 is 0. The van der Waals surface area contributed by atoms with Crippen molar-refractivity contribution in [2.45, 2.75) is 347 Å². The summed E-state index contributed by atoms with van der Waals surface area (Å²) in [4.78, 5) is 37.8. The SMILES string of the molecule is CCCCCCC/C=C\C/C=C\CCCCCCCCCCCCCCCCCCCCCCCCCCCCCCCC(=O)OC(COC(=O)CCCCCCCCCCCCCC)COP(=O)([O-])OCC[N+](C)(C)C. The minimum atomic E-state index is -4.63. The summed E-state index contributed by atoms with van der Waals surface area (Å²) in [5, 5.41) is 0. The molecule has 0 aromatic carbocycles. The van der Waals surface area contributed by atoms with E-state index in [4.69, 9.17) is 18.5 Å². The number of nitrogens with zero attached hydrogens (tertiary/aromatic N) is 1. The quantitative estimate of drug-likeness (QED) is 0.0195. The first-order valence-corrected chi connectivity index (χ1v) is 35.0. The number of carbonyl (C=O) groups excluding carboxylic acids is 2. The third-order valence-corrected chi connectivity index (χ3v) is 16.2. The zero-order valence-electron chi connectivity index (χ0n) is 51.9. The van der Waals surface area contributed by atoms with E-state index in [9.17, 15) is 19.0 Å². The number of ether oxygens (including phenoxy) is 2. The van der Waals surface area contributed by atoms with Crippen molar-refractivity contribution < 1.29 is 42.1 Å². The summed E-state index contributed by atoms with van der Waals surface area (Å²) < 4.78 is 34.2. The average molecular weight is 1110 g/mol. The predicted octanol–water partition coefficient (Wildman–Crippen LogP) is 20.7. The largest absolute Gasteiger partial charge is 0.756 e. The number of phosphoric acid groups is 1. The smallest absolute Gasteiger partial charge is 0.306 e. The molecule has 0 spiro atoms. The van der Waals surface area contributed by atoms with Gasteiger partial charge in [0.25, 0.3) is 7.82 Å².